The van der Waals surface area contributed by atoms with Gasteiger partial charge in [0.2, 0.25) is 5.91 Å². The van der Waals surface area contributed by atoms with Gasteiger partial charge in [-0.3, -0.25) is 10.1 Å². The van der Waals surface area contributed by atoms with Crippen LogP contribution in [0.2, 0.25) is 0 Å². The zero-order chi connectivity index (χ0) is 23.1. The Morgan fingerprint density at radius 1 is 1.09 bits per heavy atom. The van der Waals surface area contributed by atoms with E-state index >= 15 is 0 Å². The molecule has 9 nitrogen and oxygen atoms in total. The Hall–Kier alpha value is -2.78. The van der Waals surface area contributed by atoms with Gasteiger partial charge in [0.15, 0.2) is 0 Å². The molecule has 3 rings (SSSR count). The molecule has 11 heteroatoms. The minimum absolute atomic E-state index is 0.0442. The summed E-state index contributed by atoms with van der Waals surface area (Å²) in [5.74, 6) is 0.0747. The second-order valence-electron chi connectivity index (χ2n) is 7.23. The summed E-state index contributed by atoms with van der Waals surface area (Å²) in [4.78, 5) is 36.8. The highest BCUT2D eigenvalue weighted by atomic mass is 35.5. The van der Waals surface area contributed by atoms with E-state index in [2.05, 4.69) is 15.7 Å². The van der Waals surface area contributed by atoms with Gasteiger partial charge in [0.1, 0.15) is 19.0 Å². The number of nitrogens with one attached hydrogen (secondary N) is 2. The van der Waals surface area contributed by atoms with Crippen molar-refractivity contribution in [2.24, 2.45) is 0 Å². The van der Waals surface area contributed by atoms with E-state index in [-0.39, 0.29) is 36.7 Å². The summed E-state index contributed by atoms with van der Waals surface area (Å²) in [6, 6.07) is 8.48. The average Bonchev–Trinajstić information content (AvgIpc) is 3.56. The van der Waals surface area contributed by atoms with Crippen LogP contribution in [0.5, 0.6) is 0 Å². The molecule has 2 N–H and O–H groups in total. The van der Waals surface area contributed by atoms with Crippen molar-refractivity contribution < 1.29 is 23.9 Å². The molecule has 1 aliphatic carbocycles. The van der Waals surface area contributed by atoms with Gasteiger partial charge in [-0.2, -0.15) is 5.10 Å². The number of hydrogen-bond acceptors (Lipinski definition) is 6. The van der Waals surface area contributed by atoms with Crippen molar-refractivity contribution in [2.75, 3.05) is 35.6 Å². The van der Waals surface area contributed by atoms with Crippen molar-refractivity contribution in [2.45, 2.75) is 31.6 Å². The molecule has 2 amide bonds. The Labute approximate surface area is 195 Å². The largest absolute Gasteiger partial charge is 0.448 e. The molecule has 0 bridgehead atoms. The minimum Gasteiger partial charge on any atom is -0.448 e. The number of halogens is 2. The lowest BCUT2D eigenvalue weighted by molar-refractivity contribution is -0.117. The van der Waals surface area contributed by atoms with E-state index in [1.54, 1.807) is 37.3 Å². The SMILES string of the molecule is C[C@H](C(=O)Nc1cc(C2CC2)nn1C(=O)OCCCl)c1ccc(NC(=O)OCCCl)cc1. The molecule has 0 aliphatic heterocycles. The molecular formula is C21H24Cl2N4O5. The van der Waals surface area contributed by atoms with Crippen molar-refractivity contribution in [3.8, 4) is 0 Å². The van der Waals surface area contributed by atoms with E-state index in [4.69, 9.17) is 32.7 Å². The molecule has 2 aromatic rings. The highest BCUT2D eigenvalue weighted by Crippen LogP contribution is 2.40. The number of ether oxygens (including phenoxy) is 2. The molecule has 32 heavy (non-hydrogen) atoms. The predicted molar refractivity (Wildman–Crippen MR) is 121 cm³/mol. The highest BCUT2D eigenvalue weighted by Gasteiger charge is 2.29. The van der Waals surface area contributed by atoms with Crippen molar-refractivity contribution >= 4 is 52.8 Å². The predicted octanol–water partition coefficient (Wildman–Crippen LogP) is 4.51. The second-order valence-corrected chi connectivity index (χ2v) is 7.98. The number of nitrogens with zero attached hydrogens (tertiary/aromatic N) is 2. The van der Waals surface area contributed by atoms with Crippen LogP contribution in [-0.2, 0) is 14.3 Å². The van der Waals surface area contributed by atoms with Gasteiger partial charge in [-0.25, -0.2) is 9.59 Å². The Morgan fingerprint density at radius 2 is 1.75 bits per heavy atom. The van der Waals surface area contributed by atoms with Crippen molar-refractivity contribution in [3.05, 3.63) is 41.6 Å². The molecular weight excluding hydrogens is 459 g/mol. The molecule has 0 spiro atoms. The summed E-state index contributed by atoms with van der Waals surface area (Å²) in [6.45, 7) is 1.89. The molecule has 1 aromatic carbocycles. The van der Waals surface area contributed by atoms with Gasteiger partial charge >= 0.3 is 12.2 Å². The van der Waals surface area contributed by atoms with Crippen molar-refractivity contribution in [1.29, 1.82) is 0 Å². The fourth-order valence-electron chi connectivity index (χ4n) is 2.92. The molecule has 1 fully saturated rings. The summed E-state index contributed by atoms with van der Waals surface area (Å²) in [5.41, 5.74) is 1.99. The van der Waals surface area contributed by atoms with E-state index in [1.165, 1.54) is 0 Å². The van der Waals surface area contributed by atoms with Gasteiger partial charge in [-0.1, -0.05) is 12.1 Å². The number of amides is 2. The second kappa shape index (κ2) is 11.2. The van der Waals surface area contributed by atoms with Crippen LogP contribution in [0, 0.1) is 0 Å². The van der Waals surface area contributed by atoms with Crippen LogP contribution in [-0.4, -0.2) is 52.8 Å². The summed E-state index contributed by atoms with van der Waals surface area (Å²) >= 11 is 11.1. The molecule has 1 atom stereocenters. The van der Waals surface area contributed by atoms with E-state index in [0.717, 1.165) is 28.8 Å². The van der Waals surface area contributed by atoms with Gasteiger partial charge in [0, 0.05) is 17.7 Å². The van der Waals surface area contributed by atoms with Gasteiger partial charge in [0.05, 0.1) is 23.4 Å². The summed E-state index contributed by atoms with van der Waals surface area (Å²) in [6.07, 6.45) is 0.691. The molecule has 0 radical (unpaired) electrons. The van der Waals surface area contributed by atoms with E-state index in [9.17, 15) is 14.4 Å². The monoisotopic (exact) mass is 482 g/mol. The zero-order valence-electron chi connectivity index (χ0n) is 17.5. The van der Waals surface area contributed by atoms with Gasteiger partial charge in [0.25, 0.3) is 0 Å². The molecule has 172 valence electrons. The van der Waals surface area contributed by atoms with E-state index < -0.39 is 18.1 Å². The number of rotatable bonds is 9. The Bertz CT molecular complexity index is 960. The first kappa shape index (κ1) is 23.9. The number of benzene rings is 1. The van der Waals surface area contributed by atoms with Crippen LogP contribution in [0.15, 0.2) is 30.3 Å². The normalized spacial score (nSPS) is 13.8. The topological polar surface area (TPSA) is 112 Å². The quantitative estimate of drug-likeness (QED) is 0.508. The first-order chi connectivity index (χ1) is 15.4. The third-order valence-electron chi connectivity index (χ3n) is 4.81. The molecule has 0 unspecified atom stereocenters. The Morgan fingerprint density at radius 3 is 2.38 bits per heavy atom. The lowest BCUT2D eigenvalue weighted by Gasteiger charge is -2.14. The maximum absolute atomic E-state index is 12.8. The Balaban J connectivity index is 1.66. The standard InChI is InChI=1S/C21H24Cl2N4O5/c1-13(14-4-6-16(7-5-14)24-20(29)31-10-8-22)19(28)25-18-12-17(15-2-3-15)26-27(18)21(30)32-11-9-23/h4-7,12-13,15H,2-3,8-11H2,1H3,(H,24,29)(H,25,28)/t13-/m0/s1. The number of alkyl halides is 2. The third-order valence-corrected chi connectivity index (χ3v) is 5.12. The lowest BCUT2D eigenvalue weighted by atomic mass is 10.00. The molecule has 1 saturated carbocycles. The summed E-state index contributed by atoms with van der Waals surface area (Å²) in [5, 5.41) is 9.63. The van der Waals surface area contributed by atoms with E-state index in [1.807, 2.05) is 0 Å². The maximum atomic E-state index is 12.8. The number of carbonyl (C=O) groups excluding carboxylic acids is 3. The minimum atomic E-state index is -0.697. The smallest absolute Gasteiger partial charge is 0.436 e. The average molecular weight is 483 g/mol. The molecule has 1 aliphatic rings. The van der Waals surface area contributed by atoms with Gasteiger partial charge < -0.3 is 14.8 Å². The fraction of sp³-hybridized carbons (Fsp3) is 0.429. The van der Waals surface area contributed by atoms with Gasteiger partial charge in [-0.15, -0.1) is 27.9 Å². The zero-order valence-corrected chi connectivity index (χ0v) is 19.0. The maximum Gasteiger partial charge on any atom is 0.436 e. The molecule has 0 saturated heterocycles. The van der Waals surface area contributed by atoms with Crippen LogP contribution in [0.1, 0.15) is 42.9 Å². The third kappa shape index (κ3) is 6.37. The van der Waals surface area contributed by atoms with Crippen LogP contribution < -0.4 is 10.6 Å². The van der Waals surface area contributed by atoms with Crippen LogP contribution in [0.25, 0.3) is 0 Å². The fourth-order valence-corrected chi connectivity index (χ4v) is 3.07. The first-order valence-corrected chi connectivity index (χ1v) is 11.2. The summed E-state index contributed by atoms with van der Waals surface area (Å²) < 4.78 is 11.0. The first-order valence-electron chi connectivity index (χ1n) is 10.2. The van der Waals surface area contributed by atoms with E-state index in [0.29, 0.717) is 11.6 Å². The number of aromatic nitrogens is 2. The van der Waals surface area contributed by atoms with Crippen LogP contribution in [0.3, 0.4) is 0 Å². The lowest BCUT2D eigenvalue weighted by Crippen LogP contribution is -2.24. The molecule has 1 heterocycles. The Kier molecular flexibility index (Phi) is 8.35. The van der Waals surface area contributed by atoms with Crippen LogP contribution >= 0.6 is 23.2 Å². The number of carbonyl (C=O) groups is 3. The van der Waals surface area contributed by atoms with Gasteiger partial charge in [-0.05, 0) is 37.5 Å². The number of anilines is 2. The number of hydrogen-bond donors (Lipinski definition) is 2. The summed E-state index contributed by atoms with van der Waals surface area (Å²) in [7, 11) is 0. The highest BCUT2D eigenvalue weighted by molar-refractivity contribution is 6.18. The molecule has 1 aromatic heterocycles. The van der Waals surface area contributed by atoms with Crippen molar-refractivity contribution in [1.82, 2.24) is 9.78 Å². The van der Waals surface area contributed by atoms with Crippen LogP contribution in [0.4, 0.5) is 21.1 Å². The van der Waals surface area contributed by atoms with Crippen molar-refractivity contribution in [3.63, 3.8) is 0 Å².